The SMILES string of the molecule is CC(N)Cc1nc(C2CCCO2)co1. The highest BCUT2D eigenvalue weighted by molar-refractivity contribution is 5.02. The van der Waals surface area contributed by atoms with Crippen molar-refractivity contribution in [2.45, 2.75) is 38.3 Å². The number of rotatable bonds is 3. The molecular weight excluding hydrogens is 180 g/mol. The molecule has 1 aromatic heterocycles. The third-order valence-corrected chi connectivity index (χ3v) is 2.33. The molecule has 1 aliphatic heterocycles. The maximum Gasteiger partial charge on any atom is 0.195 e. The Morgan fingerprint density at radius 1 is 1.71 bits per heavy atom. The van der Waals surface area contributed by atoms with Crippen molar-refractivity contribution >= 4 is 0 Å². The lowest BCUT2D eigenvalue weighted by Crippen LogP contribution is -2.17. The molecule has 4 nitrogen and oxygen atoms in total. The van der Waals surface area contributed by atoms with Crippen molar-refractivity contribution in [3.05, 3.63) is 17.8 Å². The zero-order chi connectivity index (χ0) is 9.97. The minimum Gasteiger partial charge on any atom is -0.449 e. The monoisotopic (exact) mass is 196 g/mol. The van der Waals surface area contributed by atoms with Crippen molar-refractivity contribution in [3.8, 4) is 0 Å². The van der Waals surface area contributed by atoms with Crippen LogP contribution >= 0.6 is 0 Å². The lowest BCUT2D eigenvalue weighted by atomic mass is 10.2. The molecule has 1 fully saturated rings. The fourth-order valence-corrected chi connectivity index (χ4v) is 1.65. The maximum atomic E-state index is 5.66. The number of hydrogen-bond donors (Lipinski definition) is 1. The Hall–Kier alpha value is -0.870. The molecule has 0 radical (unpaired) electrons. The van der Waals surface area contributed by atoms with Gasteiger partial charge in [-0.1, -0.05) is 0 Å². The van der Waals surface area contributed by atoms with Gasteiger partial charge in [0.15, 0.2) is 5.89 Å². The summed E-state index contributed by atoms with van der Waals surface area (Å²) < 4.78 is 10.8. The van der Waals surface area contributed by atoms with Crippen LogP contribution in [0.5, 0.6) is 0 Å². The van der Waals surface area contributed by atoms with Gasteiger partial charge in [-0.3, -0.25) is 0 Å². The van der Waals surface area contributed by atoms with Crippen LogP contribution in [0.4, 0.5) is 0 Å². The molecule has 0 amide bonds. The van der Waals surface area contributed by atoms with E-state index in [4.69, 9.17) is 14.9 Å². The summed E-state index contributed by atoms with van der Waals surface area (Å²) in [5, 5.41) is 0. The van der Waals surface area contributed by atoms with Gasteiger partial charge >= 0.3 is 0 Å². The Kier molecular flexibility index (Phi) is 2.84. The minimum absolute atomic E-state index is 0.0889. The first-order chi connectivity index (χ1) is 6.75. The zero-order valence-corrected chi connectivity index (χ0v) is 8.40. The minimum atomic E-state index is 0.0889. The van der Waals surface area contributed by atoms with Crippen LogP contribution in [0.2, 0.25) is 0 Å². The van der Waals surface area contributed by atoms with E-state index in [1.165, 1.54) is 0 Å². The van der Waals surface area contributed by atoms with Crippen LogP contribution in [0, 0.1) is 0 Å². The molecule has 1 aromatic rings. The van der Waals surface area contributed by atoms with Gasteiger partial charge in [0.2, 0.25) is 0 Å². The summed E-state index contributed by atoms with van der Waals surface area (Å²) in [6, 6.07) is 0.0889. The molecular formula is C10H16N2O2. The first kappa shape index (κ1) is 9.68. The normalized spacial score (nSPS) is 24.0. The molecule has 0 bridgehead atoms. The van der Waals surface area contributed by atoms with E-state index in [0.29, 0.717) is 12.3 Å². The topological polar surface area (TPSA) is 61.3 Å². The Labute approximate surface area is 83.4 Å². The van der Waals surface area contributed by atoms with Gasteiger partial charge in [0.05, 0.1) is 0 Å². The molecule has 14 heavy (non-hydrogen) atoms. The molecule has 4 heteroatoms. The fourth-order valence-electron chi connectivity index (χ4n) is 1.65. The lowest BCUT2D eigenvalue weighted by Gasteiger charge is -2.03. The quantitative estimate of drug-likeness (QED) is 0.794. The van der Waals surface area contributed by atoms with Gasteiger partial charge in [0.1, 0.15) is 18.1 Å². The van der Waals surface area contributed by atoms with Crippen molar-refractivity contribution in [2.24, 2.45) is 5.73 Å². The molecule has 1 saturated heterocycles. The second-order valence-electron chi connectivity index (χ2n) is 3.85. The molecule has 2 unspecified atom stereocenters. The van der Waals surface area contributed by atoms with E-state index in [0.717, 1.165) is 25.1 Å². The average molecular weight is 196 g/mol. The Morgan fingerprint density at radius 3 is 3.21 bits per heavy atom. The van der Waals surface area contributed by atoms with Crippen LogP contribution in [0.25, 0.3) is 0 Å². The number of aromatic nitrogens is 1. The average Bonchev–Trinajstić information content (AvgIpc) is 2.69. The van der Waals surface area contributed by atoms with Crippen LogP contribution in [0.15, 0.2) is 10.7 Å². The third-order valence-electron chi connectivity index (χ3n) is 2.33. The number of nitrogens with two attached hydrogens (primary N) is 1. The highest BCUT2D eigenvalue weighted by atomic mass is 16.5. The largest absolute Gasteiger partial charge is 0.449 e. The summed E-state index contributed by atoms with van der Waals surface area (Å²) in [4.78, 5) is 4.36. The van der Waals surface area contributed by atoms with Crippen molar-refractivity contribution in [2.75, 3.05) is 6.61 Å². The first-order valence-corrected chi connectivity index (χ1v) is 5.07. The summed E-state index contributed by atoms with van der Waals surface area (Å²) in [5.74, 6) is 0.713. The van der Waals surface area contributed by atoms with E-state index in [2.05, 4.69) is 4.98 Å². The summed E-state index contributed by atoms with van der Waals surface area (Å²) in [5.41, 5.74) is 6.57. The van der Waals surface area contributed by atoms with Crippen LogP contribution < -0.4 is 5.73 Å². The fraction of sp³-hybridized carbons (Fsp3) is 0.700. The number of nitrogens with zero attached hydrogens (tertiary/aromatic N) is 1. The van der Waals surface area contributed by atoms with Crippen molar-refractivity contribution in [1.82, 2.24) is 4.98 Å². The van der Waals surface area contributed by atoms with Gasteiger partial charge in [0, 0.05) is 19.1 Å². The van der Waals surface area contributed by atoms with Crippen molar-refractivity contribution in [1.29, 1.82) is 0 Å². The molecule has 0 aromatic carbocycles. The van der Waals surface area contributed by atoms with Gasteiger partial charge in [-0.05, 0) is 19.8 Å². The van der Waals surface area contributed by atoms with E-state index < -0.39 is 0 Å². The summed E-state index contributed by atoms with van der Waals surface area (Å²) >= 11 is 0. The number of hydrogen-bond acceptors (Lipinski definition) is 4. The lowest BCUT2D eigenvalue weighted by molar-refractivity contribution is 0.108. The first-order valence-electron chi connectivity index (χ1n) is 5.07. The molecule has 2 atom stereocenters. The number of ether oxygens (including phenoxy) is 1. The predicted molar refractivity (Wildman–Crippen MR) is 51.8 cm³/mol. The van der Waals surface area contributed by atoms with Crippen LogP contribution in [-0.2, 0) is 11.2 Å². The highest BCUT2D eigenvalue weighted by Gasteiger charge is 2.21. The highest BCUT2D eigenvalue weighted by Crippen LogP contribution is 2.27. The molecule has 0 spiro atoms. The molecule has 2 N–H and O–H groups in total. The van der Waals surface area contributed by atoms with E-state index in [-0.39, 0.29) is 12.1 Å². The second-order valence-corrected chi connectivity index (χ2v) is 3.85. The van der Waals surface area contributed by atoms with Gasteiger partial charge in [0.25, 0.3) is 0 Å². The van der Waals surface area contributed by atoms with E-state index in [9.17, 15) is 0 Å². The smallest absolute Gasteiger partial charge is 0.195 e. The summed E-state index contributed by atoms with van der Waals surface area (Å²) in [6.45, 7) is 2.77. The van der Waals surface area contributed by atoms with Crippen LogP contribution in [0.3, 0.4) is 0 Å². The van der Waals surface area contributed by atoms with Gasteiger partial charge in [-0.25, -0.2) is 4.98 Å². The molecule has 0 aliphatic carbocycles. The van der Waals surface area contributed by atoms with E-state index in [1.54, 1.807) is 6.26 Å². The van der Waals surface area contributed by atoms with Gasteiger partial charge < -0.3 is 14.9 Å². The number of oxazole rings is 1. The standard InChI is InChI=1S/C10H16N2O2/c1-7(11)5-10-12-8(6-14-10)9-3-2-4-13-9/h6-7,9H,2-5,11H2,1H3. The molecule has 0 saturated carbocycles. The molecule has 1 aliphatic rings. The Bertz CT molecular complexity index is 290. The third kappa shape index (κ3) is 2.13. The van der Waals surface area contributed by atoms with E-state index in [1.807, 2.05) is 6.92 Å². The Balaban J connectivity index is 2.01. The second kappa shape index (κ2) is 4.11. The Morgan fingerprint density at radius 2 is 2.57 bits per heavy atom. The summed E-state index contributed by atoms with van der Waals surface area (Å²) in [6.07, 6.45) is 4.67. The van der Waals surface area contributed by atoms with Gasteiger partial charge in [-0.15, -0.1) is 0 Å². The van der Waals surface area contributed by atoms with Crippen molar-refractivity contribution in [3.63, 3.8) is 0 Å². The van der Waals surface area contributed by atoms with Gasteiger partial charge in [-0.2, -0.15) is 0 Å². The van der Waals surface area contributed by atoms with Crippen LogP contribution in [0.1, 0.15) is 37.5 Å². The van der Waals surface area contributed by atoms with Crippen LogP contribution in [-0.4, -0.2) is 17.6 Å². The zero-order valence-electron chi connectivity index (χ0n) is 8.40. The van der Waals surface area contributed by atoms with E-state index >= 15 is 0 Å². The maximum absolute atomic E-state index is 5.66. The van der Waals surface area contributed by atoms with Crippen molar-refractivity contribution < 1.29 is 9.15 Å². The molecule has 2 rings (SSSR count). The summed E-state index contributed by atoms with van der Waals surface area (Å²) in [7, 11) is 0. The molecule has 78 valence electrons. The molecule has 2 heterocycles. The predicted octanol–water partition coefficient (Wildman–Crippen LogP) is 1.42.